The molecule has 0 unspecified atom stereocenters. The zero-order valence-electron chi connectivity index (χ0n) is 26.6. The third-order valence-electron chi connectivity index (χ3n) is 11.2. The average Bonchev–Trinajstić information content (AvgIpc) is 3.29. The first-order chi connectivity index (χ1) is 21.4. The molecule has 0 aromatic heterocycles. The Bertz CT molecular complexity index is 1420. The molecule has 0 saturated heterocycles. The van der Waals surface area contributed by atoms with Crippen molar-refractivity contribution in [3.05, 3.63) is 47.6 Å². The van der Waals surface area contributed by atoms with E-state index in [1.165, 1.54) is 0 Å². The molecule has 3 N–H and O–H groups in total. The standard InChI is InChI=1S/C35H45NO9/c1-33-14-11-23(37)18-22(33)6-7-24-25-12-15-35(42,34(25,2)19-26(38)32(24)33)29(39)20-45-31(41)10-9-30(40)36-16-13-21-5-8-27(43-3)28(17-21)44-4/h5,8,11,14,17-18,24-26,32,38,42H,6-7,9-10,12-13,15-16,19-20H2,1-4H3,(H,36,40)/t24-,25-,26+,32+,33-,34-,35-/m0/s1. The second kappa shape index (κ2) is 12.7. The van der Waals surface area contributed by atoms with Crippen LogP contribution in [-0.4, -0.2) is 72.7 Å². The molecule has 45 heavy (non-hydrogen) atoms. The molecule has 244 valence electrons. The number of hydrogen-bond acceptors (Lipinski definition) is 9. The van der Waals surface area contributed by atoms with Gasteiger partial charge < -0.3 is 29.7 Å². The Balaban J connectivity index is 1.11. The number of benzene rings is 1. The summed E-state index contributed by atoms with van der Waals surface area (Å²) >= 11 is 0. The molecule has 10 heteroatoms. The van der Waals surface area contributed by atoms with Crippen molar-refractivity contribution in [1.82, 2.24) is 5.32 Å². The van der Waals surface area contributed by atoms with Gasteiger partial charge in [-0.3, -0.25) is 19.2 Å². The van der Waals surface area contributed by atoms with Crippen molar-refractivity contribution in [3.8, 4) is 11.5 Å². The maximum atomic E-state index is 13.5. The number of esters is 1. The molecule has 3 fully saturated rings. The summed E-state index contributed by atoms with van der Waals surface area (Å²) in [5.41, 5.74) is -1.05. The van der Waals surface area contributed by atoms with Gasteiger partial charge in [0.25, 0.3) is 0 Å². The summed E-state index contributed by atoms with van der Waals surface area (Å²) in [5.74, 6) is -0.419. The lowest BCUT2D eigenvalue weighted by Crippen LogP contribution is -2.61. The number of aliphatic hydroxyl groups is 2. The maximum Gasteiger partial charge on any atom is 0.306 e. The number of ketones is 2. The number of carbonyl (C=O) groups is 4. The van der Waals surface area contributed by atoms with Crippen LogP contribution in [0.1, 0.15) is 64.4 Å². The maximum absolute atomic E-state index is 13.5. The largest absolute Gasteiger partial charge is 0.493 e. The molecule has 1 amide bonds. The zero-order chi connectivity index (χ0) is 32.6. The molecule has 0 bridgehead atoms. The van der Waals surface area contributed by atoms with Gasteiger partial charge in [-0.1, -0.05) is 31.6 Å². The molecular weight excluding hydrogens is 578 g/mol. The fourth-order valence-electron chi connectivity index (χ4n) is 8.81. The summed E-state index contributed by atoms with van der Waals surface area (Å²) in [7, 11) is 3.12. The van der Waals surface area contributed by atoms with Crippen LogP contribution in [0.2, 0.25) is 0 Å². The topological polar surface area (TPSA) is 148 Å². The fraction of sp³-hybridized carbons (Fsp3) is 0.600. The van der Waals surface area contributed by atoms with Crippen LogP contribution in [0, 0.1) is 28.6 Å². The third-order valence-corrected chi connectivity index (χ3v) is 11.2. The molecule has 0 aliphatic heterocycles. The number of nitrogens with one attached hydrogen (secondary N) is 1. The van der Waals surface area contributed by atoms with Gasteiger partial charge in [0.1, 0.15) is 5.60 Å². The van der Waals surface area contributed by atoms with Gasteiger partial charge in [0.15, 0.2) is 23.9 Å². The van der Waals surface area contributed by atoms with E-state index in [9.17, 15) is 29.4 Å². The Morgan fingerprint density at radius 1 is 1.07 bits per heavy atom. The minimum atomic E-state index is -1.74. The van der Waals surface area contributed by atoms with Crippen molar-refractivity contribution in [3.63, 3.8) is 0 Å². The second-order valence-corrected chi connectivity index (χ2v) is 13.5. The highest BCUT2D eigenvalue weighted by Crippen LogP contribution is 2.67. The van der Waals surface area contributed by atoms with E-state index < -0.39 is 40.9 Å². The van der Waals surface area contributed by atoms with E-state index >= 15 is 0 Å². The number of carbonyl (C=O) groups excluding carboxylic acids is 4. The van der Waals surface area contributed by atoms with Gasteiger partial charge >= 0.3 is 5.97 Å². The van der Waals surface area contributed by atoms with Crippen molar-refractivity contribution in [2.75, 3.05) is 27.4 Å². The van der Waals surface area contributed by atoms with Crippen LogP contribution in [0.25, 0.3) is 0 Å². The van der Waals surface area contributed by atoms with E-state index in [2.05, 4.69) is 12.2 Å². The van der Waals surface area contributed by atoms with E-state index in [1.807, 2.05) is 25.1 Å². The Labute approximate surface area is 264 Å². The third kappa shape index (κ3) is 5.94. The average molecular weight is 624 g/mol. The minimum absolute atomic E-state index is 0.00246. The Kier molecular flexibility index (Phi) is 9.29. The van der Waals surface area contributed by atoms with Gasteiger partial charge in [-0.05, 0) is 80.2 Å². The predicted octanol–water partition coefficient (Wildman–Crippen LogP) is 3.26. The number of amides is 1. The second-order valence-electron chi connectivity index (χ2n) is 13.5. The van der Waals surface area contributed by atoms with Crippen LogP contribution in [0.4, 0.5) is 0 Å². The molecule has 7 atom stereocenters. The van der Waals surface area contributed by atoms with Gasteiger partial charge in [0.2, 0.25) is 11.7 Å². The lowest BCUT2D eigenvalue weighted by atomic mass is 9.46. The molecule has 0 spiro atoms. The van der Waals surface area contributed by atoms with E-state index in [0.29, 0.717) is 30.9 Å². The molecule has 0 radical (unpaired) electrons. The molecule has 1 aromatic rings. The van der Waals surface area contributed by atoms with Crippen LogP contribution >= 0.6 is 0 Å². The molecule has 3 saturated carbocycles. The van der Waals surface area contributed by atoms with Crippen LogP contribution < -0.4 is 14.8 Å². The monoisotopic (exact) mass is 623 g/mol. The van der Waals surface area contributed by atoms with Gasteiger partial charge in [0.05, 0.1) is 26.7 Å². The Morgan fingerprint density at radius 3 is 2.56 bits per heavy atom. The van der Waals surface area contributed by atoms with E-state index in [0.717, 1.165) is 24.0 Å². The van der Waals surface area contributed by atoms with Crippen LogP contribution in [0.15, 0.2) is 42.0 Å². The molecule has 10 nitrogen and oxygen atoms in total. The van der Waals surface area contributed by atoms with Crippen molar-refractivity contribution in [2.45, 2.75) is 76.9 Å². The Morgan fingerprint density at radius 2 is 1.82 bits per heavy atom. The van der Waals surface area contributed by atoms with Gasteiger partial charge in [-0.2, -0.15) is 0 Å². The normalized spacial score (nSPS) is 33.3. The summed E-state index contributed by atoms with van der Waals surface area (Å²) in [6, 6.07) is 5.52. The lowest BCUT2D eigenvalue weighted by Gasteiger charge is -2.59. The quantitative estimate of drug-likeness (QED) is 0.316. The van der Waals surface area contributed by atoms with Crippen LogP contribution in [-0.2, 0) is 30.3 Å². The number of Topliss-reactive ketones (excluding diaryl/α,β-unsaturated/α-hetero) is 1. The number of hydrogen-bond donors (Lipinski definition) is 3. The molecule has 4 aliphatic rings. The highest BCUT2D eigenvalue weighted by atomic mass is 16.5. The van der Waals surface area contributed by atoms with Crippen molar-refractivity contribution >= 4 is 23.4 Å². The fourth-order valence-corrected chi connectivity index (χ4v) is 8.81. The highest BCUT2D eigenvalue weighted by molar-refractivity contribution is 6.01. The van der Waals surface area contributed by atoms with Crippen molar-refractivity contribution < 1.29 is 43.6 Å². The highest BCUT2D eigenvalue weighted by Gasteiger charge is 2.68. The van der Waals surface area contributed by atoms with E-state index in [1.54, 1.807) is 32.4 Å². The summed E-state index contributed by atoms with van der Waals surface area (Å²) in [5, 5.41) is 26.1. The van der Waals surface area contributed by atoms with E-state index in [4.69, 9.17) is 14.2 Å². The SMILES string of the molecule is COc1ccc(CCNC(=O)CCC(=O)OCC(=O)[C@@]2(O)CC[C@H]3[C@@H]4CCC5=CC(=O)C=C[C@]5(C)[C@H]4[C@H](O)C[C@@]32C)cc1OC. The van der Waals surface area contributed by atoms with Gasteiger partial charge in [-0.15, -0.1) is 0 Å². The number of aliphatic hydroxyl groups excluding tert-OH is 1. The van der Waals surface area contributed by atoms with Crippen molar-refractivity contribution in [2.24, 2.45) is 28.6 Å². The predicted molar refractivity (Wildman–Crippen MR) is 164 cm³/mol. The summed E-state index contributed by atoms with van der Waals surface area (Å²) in [6.45, 7) is 3.74. The molecule has 0 heterocycles. The zero-order valence-corrected chi connectivity index (χ0v) is 26.6. The lowest BCUT2D eigenvalue weighted by molar-refractivity contribution is -0.181. The number of allylic oxidation sites excluding steroid dienone is 4. The first-order valence-electron chi connectivity index (χ1n) is 15.9. The Hall–Kier alpha value is -3.50. The molecular formula is C35H45NO9. The van der Waals surface area contributed by atoms with Gasteiger partial charge in [-0.25, -0.2) is 0 Å². The molecule has 5 rings (SSSR count). The smallest absolute Gasteiger partial charge is 0.306 e. The summed E-state index contributed by atoms with van der Waals surface area (Å²) in [4.78, 5) is 50.3. The summed E-state index contributed by atoms with van der Waals surface area (Å²) < 4.78 is 15.8. The first-order valence-corrected chi connectivity index (χ1v) is 15.9. The van der Waals surface area contributed by atoms with Crippen molar-refractivity contribution in [1.29, 1.82) is 0 Å². The number of ether oxygens (including phenoxy) is 3. The van der Waals surface area contributed by atoms with Gasteiger partial charge in [0, 0.05) is 29.7 Å². The van der Waals surface area contributed by atoms with E-state index in [-0.39, 0.29) is 55.1 Å². The number of fused-ring (bicyclic) bond motifs is 5. The minimum Gasteiger partial charge on any atom is -0.493 e. The number of methoxy groups -OCH3 is 2. The number of rotatable bonds is 11. The summed E-state index contributed by atoms with van der Waals surface area (Å²) in [6.07, 6.45) is 7.33. The molecule has 1 aromatic carbocycles. The molecule has 4 aliphatic carbocycles. The van der Waals surface area contributed by atoms with Crippen LogP contribution in [0.5, 0.6) is 11.5 Å². The first kappa shape index (κ1) is 32.9. The van der Waals surface area contributed by atoms with Crippen LogP contribution in [0.3, 0.4) is 0 Å².